The monoisotopic (exact) mass is 422 g/mol. The van der Waals surface area contributed by atoms with E-state index in [0.29, 0.717) is 0 Å². The Labute approximate surface area is 150 Å². The molecule has 0 atom stereocenters. The molecule has 5 heteroatoms. The molecule has 0 radical (unpaired) electrons. The Morgan fingerprint density at radius 3 is 2.39 bits per heavy atom. The highest BCUT2D eigenvalue weighted by atomic mass is 127. The predicted molar refractivity (Wildman–Crippen MR) is 101 cm³/mol. The highest BCUT2D eigenvalue weighted by Gasteiger charge is 2.08. The minimum absolute atomic E-state index is 0.0620. The van der Waals surface area contributed by atoms with Crippen LogP contribution < -0.4 is 10.2 Å². The normalized spacial score (nSPS) is 10.8. The van der Waals surface area contributed by atoms with Crippen LogP contribution in [0.15, 0.2) is 41.5 Å². The fourth-order valence-corrected chi connectivity index (χ4v) is 3.06. The molecule has 2 aromatic carbocycles. The van der Waals surface area contributed by atoms with Gasteiger partial charge in [-0.2, -0.15) is 5.10 Å². The van der Waals surface area contributed by atoms with Crippen LogP contribution in [0.2, 0.25) is 0 Å². The van der Waals surface area contributed by atoms with Crippen molar-refractivity contribution in [1.82, 2.24) is 5.43 Å². The summed E-state index contributed by atoms with van der Waals surface area (Å²) in [7, 11) is 0. The number of rotatable bonds is 5. The van der Waals surface area contributed by atoms with Crippen molar-refractivity contribution in [3.05, 3.63) is 62.2 Å². The van der Waals surface area contributed by atoms with E-state index in [1.165, 1.54) is 5.56 Å². The maximum atomic E-state index is 11.8. The Hall–Kier alpha value is -1.89. The molecule has 0 unspecified atom stereocenters. The second-order valence-electron chi connectivity index (χ2n) is 5.36. The van der Waals surface area contributed by atoms with Crippen LogP contribution in [0.1, 0.15) is 22.3 Å². The summed E-state index contributed by atoms with van der Waals surface area (Å²) in [6, 6.07) is 11.9. The number of nitrogens with one attached hydrogen (secondary N) is 1. The largest absolute Gasteiger partial charge is 0.483 e. The number of carbonyl (C=O) groups excluding carboxylic acids is 1. The van der Waals surface area contributed by atoms with E-state index >= 15 is 0 Å². The Bertz CT molecular complexity index is 701. The van der Waals surface area contributed by atoms with Crippen molar-refractivity contribution >= 4 is 34.7 Å². The van der Waals surface area contributed by atoms with Crippen molar-refractivity contribution in [2.75, 3.05) is 6.61 Å². The third kappa shape index (κ3) is 5.35. The van der Waals surface area contributed by atoms with Crippen LogP contribution in [-0.2, 0) is 4.79 Å². The van der Waals surface area contributed by atoms with Gasteiger partial charge in [0.05, 0.1) is 6.21 Å². The van der Waals surface area contributed by atoms with Crippen LogP contribution in [0.25, 0.3) is 0 Å². The van der Waals surface area contributed by atoms with Crippen molar-refractivity contribution in [2.45, 2.75) is 20.8 Å². The number of halogens is 1. The molecule has 0 bridgehead atoms. The average molecular weight is 422 g/mol. The predicted octanol–water partition coefficient (Wildman–Crippen LogP) is 3.75. The smallest absolute Gasteiger partial charge is 0.277 e. The Morgan fingerprint density at radius 1 is 1.17 bits per heavy atom. The van der Waals surface area contributed by atoms with E-state index in [9.17, 15) is 4.79 Å². The first kappa shape index (κ1) is 17.5. The molecule has 0 spiro atoms. The van der Waals surface area contributed by atoms with Crippen LogP contribution in [0.3, 0.4) is 0 Å². The van der Waals surface area contributed by atoms with Gasteiger partial charge in [-0.15, -0.1) is 0 Å². The number of hydrogen-bond donors (Lipinski definition) is 1. The molecule has 23 heavy (non-hydrogen) atoms. The second kappa shape index (κ2) is 8.10. The van der Waals surface area contributed by atoms with Crippen molar-refractivity contribution in [3.63, 3.8) is 0 Å². The number of hydrogen-bond acceptors (Lipinski definition) is 3. The van der Waals surface area contributed by atoms with Crippen molar-refractivity contribution in [1.29, 1.82) is 0 Å². The Morgan fingerprint density at radius 2 is 1.78 bits per heavy atom. The molecule has 4 nitrogen and oxygen atoms in total. The quantitative estimate of drug-likeness (QED) is 0.454. The lowest BCUT2D eigenvalue weighted by molar-refractivity contribution is -0.123. The van der Waals surface area contributed by atoms with Crippen LogP contribution in [0.5, 0.6) is 5.75 Å². The summed E-state index contributed by atoms with van der Waals surface area (Å²) in [5.41, 5.74) is 6.62. The lowest BCUT2D eigenvalue weighted by atomic mass is 10.1. The van der Waals surface area contributed by atoms with Gasteiger partial charge in [0.1, 0.15) is 5.75 Å². The summed E-state index contributed by atoms with van der Waals surface area (Å²) in [6.07, 6.45) is 1.61. The molecular formula is C18H19IN2O2. The van der Waals surface area contributed by atoms with Gasteiger partial charge in [0, 0.05) is 3.57 Å². The van der Waals surface area contributed by atoms with E-state index < -0.39 is 0 Å². The van der Waals surface area contributed by atoms with E-state index in [1.54, 1.807) is 6.21 Å². The summed E-state index contributed by atoms with van der Waals surface area (Å²) < 4.78 is 6.76. The van der Waals surface area contributed by atoms with Gasteiger partial charge < -0.3 is 4.74 Å². The molecule has 120 valence electrons. The summed E-state index contributed by atoms with van der Waals surface area (Å²) in [5.74, 6) is 0.466. The van der Waals surface area contributed by atoms with E-state index in [0.717, 1.165) is 26.0 Å². The van der Waals surface area contributed by atoms with Gasteiger partial charge in [0.2, 0.25) is 0 Å². The third-order valence-corrected chi connectivity index (χ3v) is 3.88. The number of aryl methyl sites for hydroxylation is 3. The molecule has 0 saturated carbocycles. The maximum Gasteiger partial charge on any atom is 0.277 e. The highest BCUT2D eigenvalue weighted by Crippen LogP contribution is 2.25. The molecule has 1 N–H and O–H groups in total. The second-order valence-corrected chi connectivity index (χ2v) is 6.61. The zero-order chi connectivity index (χ0) is 16.8. The number of carbonyl (C=O) groups is 1. The fraction of sp³-hybridized carbons (Fsp3) is 0.222. The van der Waals surface area contributed by atoms with E-state index in [4.69, 9.17) is 4.74 Å². The summed E-state index contributed by atoms with van der Waals surface area (Å²) >= 11 is 2.26. The molecular weight excluding hydrogens is 403 g/mol. The van der Waals surface area contributed by atoms with Gasteiger partial charge in [0.15, 0.2) is 6.61 Å². The average Bonchev–Trinajstić information content (AvgIpc) is 2.48. The maximum absolute atomic E-state index is 11.8. The number of nitrogens with zero attached hydrogens (tertiary/aromatic N) is 1. The van der Waals surface area contributed by atoms with Crippen LogP contribution in [-0.4, -0.2) is 18.7 Å². The van der Waals surface area contributed by atoms with Gasteiger partial charge in [-0.1, -0.05) is 29.8 Å². The first-order valence-electron chi connectivity index (χ1n) is 7.24. The minimum Gasteiger partial charge on any atom is -0.483 e. The third-order valence-electron chi connectivity index (χ3n) is 3.25. The SMILES string of the molecule is Cc1ccc(/C=N/NC(=O)COc2c(C)cc(I)cc2C)cc1. The zero-order valence-electron chi connectivity index (χ0n) is 13.4. The van der Waals surface area contributed by atoms with Crippen molar-refractivity contribution in [3.8, 4) is 5.75 Å². The first-order valence-corrected chi connectivity index (χ1v) is 8.31. The van der Waals surface area contributed by atoms with Crippen LogP contribution >= 0.6 is 22.6 Å². The molecule has 0 fully saturated rings. The highest BCUT2D eigenvalue weighted by molar-refractivity contribution is 14.1. The zero-order valence-corrected chi connectivity index (χ0v) is 15.5. The summed E-state index contributed by atoms with van der Waals surface area (Å²) in [4.78, 5) is 11.8. The number of hydrazone groups is 1. The standard InChI is InChI=1S/C18H19IN2O2/c1-12-4-6-15(7-5-12)10-20-21-17(22)11-23-18-13(2)8-16(19)9-14(18)3/h4-10H,11H2,1-3H3,(H,21,22)/b20-10+. The van der Waals surface area contributed by atoms with Crippen molar-refractivity contribution in [2.24, 2.45) is 5.10 Å². The molecule has 2 aromatic rings. The fourth-order valence-electron chi connectivity index (χ4n) is 2.13. The van der Waals surface area contributed by atoms with Gasteiger partial charge in [-0.25, -0.2) is 5.43 Å². The number of amides is 1. The topological polar surface area (TPSA) is 50.7 Å². The molecule has 0 heterocycles. The Kier molecular flexibility index (Phi) is 6.15. The molecule has 2 rings (SSSR count). The van der Waals surface area contributed by atoms with Crippen molar-refractivity contribution < 1.29 is 9.53 Å². The summed E-state index contributed by atoms with van der Waals surface area (Å²) in [5, 5.41) is 3.94. The molecule has 0 aromatic heterocycles. The van der Waals surface area contributed by atoms with E-state index in [2.05, 4.69) is 33.1 Å². The van der Waals surface area contributed by atoms with Gasteiger partial charge in [0.25, 0.3) is 5.91 Å². The lowest BCUT2D eigenvalue weighted by Gasteiger charge is -2.11. The lowest BCUT2D eigenvalue weighted by Crippen LogP contribution is -2.25. The molecule has 0 saturated heterocycles. The van der Waals surface area contributed by atoms with Gasteiger partial charge >= 0.3 is 0 Å². The van der Waals surface area contributed by atoms with Crippen LogP contribution in [0, 0.1) is 24.3 Å². The number of benzene rings is 2. The Balaban J connectivity index is 1.87. The molecule has 0 aliphatic heterocycles. The van der Waals surface area contributed by atoms with E-state index in [1.807, 2.05) is 57.2 Å². The molecule has 0 aliphatic rings. The molecule has 1 amide bonds. The molecule has 0 aliphatic carbocycles. The van der Waals surface area contributed by atoms with Crippen LogP contribution in [0.4, 0.5) is 0 Å². The van der Waals surface area contributed by atoms with E-state index in [-0.39, 0.29) is 12.5 Å². The van der Waals surface area contributed by atoms with Gasteiger partial charge in [-0.05, 0) is 72.2 Å². The first-order chi connectivity index (χ1) is 11.0. The summed E-state index contributed by atoms with van der Waals surface area (Å²) in [6.45, 7) is 5.90. The number of ether oxygens (including phenoxy) is 1. The minimum atomic E-state index is -0.286. The van der Waals surface area contributed by atoms with Gasteiger partial charge in [-0.3, -0.25) is 4.79 Å².